The predicted molar refractivity (Wildman–Crippen MR) is 140 cm³/mol. The molecule has 1 aliphatic rings. The van der Waals surface area contributed by atoms with Crippen molar-refractivity contribution in [2.24, 2.45) is 0 Å². The number of hydrogen-bond donors (Lipinski definition) is 2. The van der Waals surface area contributed by atoms with Crippen molar-refractivity contribution < 1.29 is 14.4 Å². The topological polar surface area (TPSA) is 98.6 Å². The summed E-state index contributed by atoms with van der Waals surface area (Å²) in [6.07, 6.45) is 9.99. The summed E-state index contributed by atoms with van der Waals surface area (Å²) in [5.41, 5.74) is 4.09. The molecule has 1 fully saturated rings. The fourth-order valence-electron chi connectivity index (χ4n) is 4.62. The van der Waals surface area contributed by atoms with Gasteiger partial charge in [0.15, 0.2) is 17.3 Å². The normalized spacial score (nSPS) is 14.8. The summed E-state index contributed by atoms with van der Waals surface area (Å²) in [6.45, 7) is 0. The fraction of sp³-hybridized carbons (Fsp3) is 0.321. The van der Waals surface area contributed by atoms with Crippen molar-refractivity contribution in [2.45, 2.75) is 44.1 Å². The molecule has 0 radical (unpaired) electrons. The molecular weight excluding hydrogens is 456 g/mol. The van der Waals surface area contributed by atoms with E-state index in [1.165, 1.54) is 12.8 Å². The van der Waals surface area contributed by atoms with Crippen molar-refractivity contribution >= 4 is 5.69 Å². The molecule has 0 unspecified atom stereocenters. The van der Waals surface area contributed by atoms with Gasteiger partial charge in [-0.3, -0.25) is 15.1 Å². The van der Waals surface area contributed by atoms with Gasteiger partial charge in [-0.15, -0.1) is 0 Å². The number of pyridine rings is 1. The Kier molecular flexibility index (Phi) is 8.39. The molecule has 0 amide bonds. The van der Waals surface area contributed by atoms with E-state index in [0.717, 1.165) is 59.3 Å². The highest BCUT2D eigenvalue weighted by Gasteiger charge is 2.22. The third kappa shape index (κ3) is 6.53. The first-order valence-corrected chi connectivity index (χ1v) is 12.2. The van der Waals surface area contributed by atoms with Gasteiger partial charge in [-0.25, -0.2) is 0 Å². The second kappa shape index (κ2) is 12.1. The number of methoxy groups -OCH3 is 1. The molecule has 8 nitrogen and oxygen atoms in total. The summed E-state index contributed by atoms with van der Waals surface area (Å²) in [4.78, 5) is 14.6. The zero-order valence-corrected chi connectivity index (χ0v) is 20.6. The van der Waals surface area contributed by atoms with Crippen LogP contribution in [0.3, 0.4) is 0 Å². The second-order valence-electron chi connectivity index (χ2n) is 8.88. The van der Waals surface area contributed by atoms with Gasteiger partial charge in [0.2, 0.25) is 0 Å². The zero-order valence-electron chi connectivity index (χ0n) is 20.6. The first-order valence-electron chi connectivity index (χ1n) is 12.2. The summed E-state index contributed by atoms with van der Waals surface area (Å²) >= 11 is 0. The Morgan fingerprint density at radius 1 is 1.11 bits per heavy atom. The molecule has 0 spiro atoms. The predicted octanol–water partition coefficient (Wildman–Crippen LogP) is 5.49. The molecule has 4 rings (SSSR count). The third-order valence-electron chi connectivity index (χ3n) is 6.45. The molecule has 1 saturated carbocycles. The maximum absolute atomic E-state index is 11.0. The molecule has 2 aromatic carbocycles. The van der Waals surface area contributed by atoms with E-state index in [0.29, 0.717) is 5.82 Å². The Bertz CT molecular complexity index is 1190. The Hall–Kier alpha value is -4.07. The molecular formula is C28H32N4O4. The molecule has 0 bridgehead atoms. The number of rotatable bonds is 11. The van der Waals surface area contributed by atoms with E-state index < -0.39 is 4.92 Å². The number of ether oxygens (including phenoxy) is 2. The molecule has 1 heterocycles. The maximum Gasteiger partial charge on any atom is 0.274 e. The van der Waals surface area contributed by atoms with Gasteiger partial charge in [-0.2, -0.15) is 0 Å². The van der Waals surface area contributed by atoms with Crippen LogP contribution in [0.2, 0.25) is 0 Å². The van der Waals surface area contributed by atoms with Gasteiger partial charge in [0.1, 0.15) is 0 Å². The van der Waals surface area contributed by atoms with Crippen LogP contribution in [0.25, 0.3) is 0 Å². The number of aromatic nitrogens is 1. The molecule has 0 aliphatic heterocycles. The summed E-state index contributed by atoms with van der Waals surface area (Å²) < 4.78 is 12.0. The van der Waals surface area contributed by atoms with E-state index in [1.807, 2.05) is 36.4 Å². The van der Waals surface area contributed by atoms with Crippen molar-refractivity contribution in [2.75, 3.05) is 19.5 Å². The summed E-state index contributed by atoms with van der Waals surface area (Å²) in [5.74, 6) is 1.82. The van der Waals surface area contributed by atoms with Crippen LogP contribution in [0.1, 0.15) is 48.3 Å². The molecule has 36 heavy (non-hydrogen) atoms. The first kappa shape index (κ1) is 25.0. The van der Waals surface area contributed by atoms with E-state index in [-0.39, 0.29) is 12.0 Å². The Morgan fingerprint density at radius 3 is 2.56 bits per heavy atom. The van der Waals surface area contributed by atoms with Crippen LogP contribution in [0.4, 0.5) is 5.69 Å². The smallest absolute Gasteiger partial charge is 0.274 e. The van der Waals surface area contributed by atoms with Crippen LogP contribution in [0.15, 0.2) is 79.0 Å². The lowest BCUT2D eigenvalue weighted by Gasteiger charge is -2.22. The molecule has 0 saturated heterocycles. The molecule has 1 atom stereocenters. The number of benzene rings is 2. The number of anilines is 1. The largest absolute Gasteiger partial charge is 0.493 e. The molecule has 2 N–H and O–H groups in total. The van der Waals surface area contributed by atoms with Gasteiger partial charge < -0.3 is 20.1 Å². The minimum atomic E-state index is -0.488. The number of nitro groups is 1. The van der Waals surface area contributed by atoms with E-state index in [1.54, 1.807) is 26.6 Å². The minimum Gasteiger partial charge on any atom is -0.493 e. The molecule has 8 heteroatoms. The highest BCUT2D eigenvalue weighted by Crippen LogP contribution is 2.37. The van der Waals surface area contributed by atoms with E-state index >= 15 is 0 Å². The third-order valence-corrected chi connectivity index (χ3v) is 6.45. The Morgan fingerprint density at radius 2 is 1.86 bits per heavy atom. The van der Waals surface area contributed by atoms with Crippen molar-refractivity contribution in [3.63, 3.8) is 0 Å². The SMILES string of the molecule is CNC(=C[N+](=O)[O-])Nc1cccc([C@@H](Cc2ccncc2)c2ccc(OC)c(OC3CCCC3)c2)c1. The number of nitrogens with one attached hydrogen (secondary N) is 2. The van der Waals surface area contributed by atoms with E-state index in [9.17, 15) is 10.1 Å². The highest BCUT2D eigenvalue weighted by atomic mass is 16.6. The quantitative estimate of drug-likeness (QED) is 0.272. The van der Waals surface area contributed by atoms with Crippen LogP contribution in [0, 0.1) is 10.1 Å². The molecule has 3 aromatic rings. The summed E-state index contributed by atoms with van der Waals surface area (Å²) in [7, 11) is 3.31. The lowest BCUT2D eigenvalue weighted by atomic mass is 9.85. The molecule has 1 aromatic heterocycles. The van der Waals surface area contributed by atoms with Crippen molar-refractivity contribution in [1.29, 1.82) is 0 Å². The van der Waals surface area contributed by atoms with Crippen molar-refractivity contribution in [1.82, 2.24) is 10.3 Å². The average molecular weight is 489 g/mol. The Balaban J connectivity index is 1.70. The van der Waals surface area contributed by atoms with Crippen LogP contribution in [-0.4, -0.2) is 30.2 Å². The van der Waals surface area contributed by atoms with Crippen LogP contribution < -0.4 is 20.1 Å². The van der Waals surface area contributed by atoms with E-state index in [4.69, 9.17) is 9.47 Å². The number of hydrogen-bond acceptors (Lipinski definition) is 7. The molecule has 188 valence electrons. The number of nitrogens with zero attached hydrogens (tertiary/aromatic N) is 2. The van der Waals surface area contributed by atoms with Gasteiger partial charge in [-0.1, -0.05) is 18.2 Å². The first-order chi connectivity index (χ1) is 17.6. The minimum absolute atomic E-state index is 0.0171. The lowest BCUT2D eigenvalue weighted by Crippen LogP contribution is -2.16. The zero-order chi connectivity index (χ0) is 25.3. The van der Waals surface area contributed by atoms with Gasteiger partial charge in [-0.05, 0) is 85.2 Å². The van der Waals surface area contributed by atoms with Crippen LogP contribution >= 0.6 is 0 Å². The second-order valence-corrected chi connectivity index (χ2v) is 8.88. The molecule has 1 aliphatic carbocycles. The Labute approximate surface area is 211 Å². The van der Waals surface area contributed by atoms with Gasteiger partial charge >= 0.3 is 0 Å². The maximum atomic E-state index is 11.0. The van der Waals surface area contributed by atoms with E-state index in [2.05, 4.69) is 33.8 Å². The summed E-state index contributed by atoms with van der Waals surface area (Å²) in [6, 6.07) is 18.1. The van der Waals surface area contributed by atoms with Crippen molar-refractivity contribution in [3.05, 3.63) is 106 Å². The van der Waals surface area contributed by atoms with Gasteiger partial charge in [0.25, 0.3) is 6.20 Å². The summed E-state index contributed by atoms with van der Waals surface area (Å²) in [5, 5.41) is 16.9. The van der Waals surface area contributed by atoms with Gasteiger partial charge in [0.05, 0.1) is 18.1 Å². The highest BCUT2D eigenvalue weighted by molar-refractivity contribution is 5.53. The van der Waals surface area contributed by atoms with Gasteiger partial charge in [0, 0.05) is 31.0 Å². The fourth-order valence-corrected chi connectivity index (χ4v) is 4.62. The average Bonchev–Trinajstić information content (AvgIpc) is 3.40. The van der Waals surface area contributed by atoms with Crippen LogP contribution in [-0.2, 0) is 6.42 Å². The monoisotopic (exact) mass is 488 g/mol. The lowest BCUT2D eigenvalue weighted by molar-refractivity contribution is -0.403. The standard InChI is InChI=1S/C28H32N4O4/c1-29-28(19-32(33)34)31-23-7-5-6-21(17-23)25(16-20-12-14-30-15-13-20)22-10-11-26(35-2)27(18-22)36-24-8-3-4-9-24/h5-7,10-15,17-19,24-25,29,31H,3-4,8-9,16H2,1-2H3/t25-/m1/s1. The van der Waals surface area contributed by atoms with Crippen molar-refractivity contribution in [3.8, 4) is 11.5 Å². The van der Waals surface area contributed by atoms with Crippen LogP contribution in [0.5, 0.6) is 11.5 Å².